The van der Waals surface area contributed by atoms with E-state index in [1.807, 2.05) is 0 Å². The number of anilines is 2. The highest BCUT2D eigenvalue weighted by atomic mass is 32.2. The Morgan fingerprint density at radius 2 is 2.07 bits per heavy atom. The summed E-state index contributed by atoms with van der Waals surface area (Å²) in [4.78, 5) is 26.0. The molecule has 0 radical (unpaired) electrons. The molecule has 1 aromatic carbocycles. The van der Waals surface area contributed by atoms with Crippen molar-refractivity contribution in [1.29, 1.82) is 0 Å². The molecule has 1 aromatic heterocycles. The lowest BCUT2D eigenvalue weighted by atomic mass is 10.2. The van der Waals surface area contributed by atoms with Crippen molar-refractivity contribution in [2.24, 2.45) is 0 Å². The van der Waals surface area contributed by atoms with Crippen LogP contribution in [0.4, 0.5) is 11.4 Å². The number of nitrogens with one attached hydrogen (secondary N) is 2. The number of hydrogen-bond donors (Lipinski definition) is 2. The monoisotopic (exact) mass is 406 g/mol. The lowest BCUT2D eigenvalue weighted by Crippen LogP contribution is -2.41. The Morgan fingerprint density at radius 3 is 2.68 bits per heavy atom. The normalized spacial score (nSPS) is 15.7. The first-order valence-electron chi connectivity index (χ1n) is 8.85. The number of sulfonamides is 1. The number of aromatic nitrogens is 1. The topological polar surface area (TPSA) is 122 Å². The zero-order valence-electron chi connectivity index (χ0n) is 15.9. The molecule has 2 aromatic rings. The van der Waals surface area contributed by atoms with E-state index in [2.05, 4.69) is 15.2 Å². The van der Waals surface area contributed by atoms with Gasteiger partial charge in [0.1, 0.15) is 10.6 Å². The molecule has 2 amide bonds. The molecule has 0 unspecified atom stereocenters. The van der Waals surface area contributed by atoms with E-state index < -0.39 is 22.0 Å². The molecule has 28 heavy (non-hydrogen) atoms. The van der Waals surface area contributed by atoms with E-state index in [1.54, 1.807) is 29.2 Å². The van der Waals surface area contributed by atoms with Crippen LogP contribution in [0, 0.1) is 13.8 Å². The molecule has 150 valence electrons. The number of hydrogen-bond acceptors (Lipinski definition) is 6. The molecule has 0 aliphatic carbocycles. The summed E-state index contributed by atoms with van der Waals surface area (Å²) in [5, 5.41) is 6.30. The Morgan fingerprint density at radius 1 is 1.32 bits per heavy atom. The second-order valence-electron chi connectivity index (χ2n) is 6.68. The van der Waals surface area contributed by atoms with Crippen molar-refractivity contribution in [3.63, 3.8) is 0 Å². The molecule has 0 spiro atoms. The van der Waals surface area contributed by atoms with Crippen molar-refractivity contribution in [2.45, 2.75) is 44.6 Å². The van der Waals surface area contributed by atoms with Gasteiger partial charge < -0.3 is 14.7 Å². The van der Waals surface area contributed by atoms with E-state index in [1.165, 1.54) is 20.8 Å². The number of nitrogens with zero attached hydrogens (tertiary/aromatic N) is 2. The summed E-state index contributed by atoms with van der Waals surface area (Å²) in [5.41, 5.74) is 1.40. The zero-order valence-corrected chi connectivity index (χ0v) is 16.7. The van der Waals surface area contributed by atoms with Gasteiger partial charge in [-0.3, -0.25) is 9.59 Å². The molecule has 2 N–H and O–H groups in total. The number of rotatable bonds is 6. The van der Waals surface area contributed by atoms with Crippen molar-refractivity contribution in [3.8, 4) is 0 Å². The summed E-state index contributed by atoms with van der Waals surface area (Å²) in [7, 11) is -3.96. The Kier molecular flexibility index (Phi) is 5.52. The molecule has 1 aliphatic rings. The fraction of sp³-hybridized carbons (Fsp3) is 0.389. The molecule has 1 fully saturated rings. The smallest absolute Gasteiger partial charge is 0.246 e. The number of benzene rings is 1. The largest absolute Gasteiger partial charge is 0.360 e. The van der Waals surface area contributed by atoms with E-state index in [0.717, 1.165) is 6.42 Å². The van der Waals surface area contributed by atoms with E-state index in [0.29, 0.717) is 24.3 Å². The molecular weight excluding hydrogens is 384 g/mol. The maximum absolute atomic E-state index is 12.5. The third-order valence-corrected chi connectivity index (χ3v) is 6.24. The molecule has 1 aliphatic heterocycles. The number of carbonyl (C=O) groups excluding carboxylic acids is 2. The highest BCUT2D eigenvalue weighted by Crippen LogP contribution is 2.24. The van der Waals surface area contributed by atoms with Crippen LogP contribution in [-0.4, -0.2) is 38.0 Å². The SMILES string of the molecule is Cc1noc(C)c1S(=O)(=O)N[C@@H](C)C(=O)Nc1cccc(N2CCCC2=O)c1. The van der Waals surface area contributed by atoms with Crippen LogP contribution in [0.15, 0.2) is 33.7 Å². The van der Waals surface area contributed by atoms with Gasteiger partial charge in [0.05, 0.1) is 6.04 Å². The van der Waals surface area contributed by atoms with Gasteiger partial charge in [0.15, 0.2) is 5.76 Å². The fourth-order valence-corrected chi connectivity index (χ4v) is 4.66. The van der Waals surface area contributed by atoms with Gasteiger partial charge in [-0.25, -0.2) is 8.42 Å². The molecule has 1 atom stereocenters. The maximum Gasteiger partial charge on any atom is 0.246 e. The van der Waals surface area contributed by atoms with Crippen LogP contribution >= 0.6 is 0 Å². The van der Waals surface area contributed by atoms with Gasteiger partial charge in [-0.1, -0.05) is 11.2 Å². The van der Waals surface area contributed by atoms with Crippen LogP contribution in [0.5, 0.6) is 0 Å². The molecule has 0 bridgehead atoms. The van der Waals surface area contributed by atoms with Crippen molar-refractivity contribution < 1.29 is 22.5 Å². The molecule has 3 rings (SSSR count). The van der Waals surface area contributed by atoms with Gasteiger partial charge >= 0.3 is 0 Å². The first-order chi connectivity index (χ1) is 13.2. The van der Waals surface area contributed by atoms with Crippen molar-refractivity contribution in [2.75, 3.05) is 16.8 Å². The zero-order chi connectivity index (χ0) is 20.5. The van der Waals surface area contributed by atoms with Gasteiger partial charge in [-0.15, -0.1) is 0 Å². The van der Waals surface area contributed by atoms with Crippen LogP contribution in [0.25, 0.3) is 0 Å². The van der Waals surface area contributed by atoms with Crippen LogP contribution in [0.2, 0.25) is 0 Å². The summed E-state index contributed by atoms with van der Waals surface area (Å²) in [5.74, 6) is -0.329. The third kappa shape index (κ3) is 4.07. The standard InChI is InChI=1S/C18H22N4O5S/c1-11-17(13(3)27-20-11)28(25,26)21-12(2)18(24)19-14-6-4-7-15(10-14)22-9-5-8-16(22)23/h4,6-7,10,12,21H,5,8-9H2,1-3H3,(H,19,24)/t12-/m0/s1. The Labute approximate surface area is 163 Å². The van der Waals surface area contributed by atoms with Crippen molar-refractivity contribution >= 4 is 33.2 Å². The van der Waals surface area contributed by atoms with Crippen LogP contribution in [0.1, 0.15) is 31.2 Å². The van der Waals surface area contributed by atoms with E-state index in [9.17, 15) is 18.0 Å². The first kappa shape index (κ1) is 20.0. The minimum atomic E-state index is -3.96. The number of aryl methyl sites for hydroxylation is 2. The summed E-state index contributed by atoms with van der Waals surface area (Å²) < 4.78 is 32.3. The Balaban J connectivity index is 1.70. The van der Waals surface area contributed by atoms with E-state index >= 15 is 0 Å². The number of amides is 2. The maximum atomic E-state index is 12.5. The average molecular weight is 406 g/mol. The van der Waals surface area contributed by atoms with Gasteiger partial charge in [0.2, 0.25) is 21.8 Å². The molecule has 1 saturated heterocycles. The van der Waals surface area contributed by atoms with Gasteiger partial charge in [0.25, 0.3) is 0 Å². The Bertz CT molecular complexity index is 995. The minimum Gasteiger partial charge on any atom is -0.360 e. The van der Waals surface area contributed by atoms with Gasteiger partial charge in [0, 0.05) is 24.3 Å². The van der Waals surface area contributed by atoms with E-state index in [4.69, 9.17) is 4.52 Å². The first-order valence-corrected chi connectivity index (χ1v) is 10.3. The van der Waals surface area contributed by atoms with Crippen molar-refractivity contribution in [1.82, 2.24) is 9.88 Å². The van der Waals surface area contributed by atoms with Crippen LogP contribution in [-0.2, 0) is 19.6 Å². The molecule has 2 heterocycles. The molecule has 0 saturated carbocycles. The second-order valence-corrected chi connectivity index (χ2v) is 8.34. The molecule has 10 heteroatoms. The highest BCUT2D eigenvalue weighted by Gasteiger charge is 2.28. The second kappa shape index (κ2) is 7.72. The summed E-state index contributed by atoms with van der Waals surface area (Å²) in [6.07, 6.45) is 1.31. The van der Waals surface area contributed by atoms with Crippen LogP contribution in [0.3, 0.4) is 0 Å². The summed E-state index contributed by atoms with van der Waals surface area (Å²) in [6, 6.07) is 5.86. The molecular formula is C18H22N4O5S. The Hall–Kier alpha value is -2.72. The lowest BCUT2D eigenvalue weighted by Gasteiger charge is -2.18. The minimum absolute atomic E-state index is 0.0454. The van der Waals surface area contributed by atoms with Crippen molar-refractivity contribution in [3.05, 3.63) is 35.7 Å². The van der Waals surface area contributed by atoms with E-state index in [-0.39, 0.29) is 22.3 Å². The summed E-state index contributed by atoms with van der Waals surface area (Å²) in [6.45, 7) is 5.09. The van der Waals surface area contributed by atoms with Gasteiger partial charge in [-0.2, -0.15) is 4.72 Å². The highest BCUT2D eigenvalue weighted by molar-refractivity contribution is 7.89. The quantitative estimate of drug-likeness (QED) is 0.753. The fourth-order valence-electron chi connectivity index (χ4n) is 3.13. The van der Waals surface area contributed by atoms with Crippen LogP contribution < -0.4 is 14.9 Å². The van der Waals surface area contributed by atoms with Gasteiger partial charge in [-0.05, 0) is 45.4 Å². The summed E-state index contributed by atoms with van der Waals surface area (Å²) >= 11 is 0. The predicted molar refractivity (Wildman–Crippen MR) is 102 cm³/mol. The number of carbonyl (C=O) groups is 2. The predicted octanol–water partition coefficient (Wildman–Crippen LogP) is 1.72. The third-order valence-electron chi connectivity index (χ3n) is 4.46. The average Bonchev–Trinajstić information content (AvgIpc) is 3.20. The molecule has 9 nitrogen and oxygen atoms in total. The lowest BCUT2D eigenvalue weighted by molar-refractivity contribution is -0.117.